The van der Waals surface area contributed by atoms with E-state index >= 15 is 0 Å². The fourth-order valence-electron chi connectivity index (χ4n) is 2.46. The molecule has 0 aromatic carbocycles. The van der Waals surface area contributed by atoms with Crippen molar-refractivity contribution in [2.24, 2.45) is 11.8 Å². The molecule has 0 aromatic rings. The van der Waals surface area contributed by atoms with Gasteiger partial charge in [0.25, 0.3) is 0 Å². The van der Waals surface area contributed by atoms with Crippen LogP contribution in [-0.2, 0) is 42.6 Å². The lowest BCUT2D eigenvalue weighted by molar-refractivity contribution is -0.0260. The van der Waals surface area contributed by atoms with Crippen LogP contribution in [0.15, 0.2) is 0 Å². The van der Waals surface area contributed by atoms with Crippen molar-refractivity contribution in [2.75, 3.05) is 119 Å². The van der Waals surface area contributed by atoms with Crippen LogP contribution >= 0.6 is 0 Å². The van der Waals surface area contributed by atoms with Gasteiger partial charge in [-0.25, -0.2) is 0 Å². The Bertz CT molecular complexity index is 354. The molecule has 0 saturated carbocycles. The van der Waals surface area contributed by atoms with Crippen LogP contribution in [0.3, 0.4) is 0 Å². The quantitative estimate of drug-likeness (QED) is 0.135. The topological polar surface area (TPSA) is 83.1 Å². The zero-order valence-electron chi connectivity index (χ0n) is 23.0. The molecule has 0 amide bonds. The molecule has 0 bridgehead atoms. The second-order valence-corrected chi connectivity index (χ2v) is 8.46. The van der Waals surface area contributed by atoms with E-state index in [1.165, 1.54) is 0 Å². The van der Waals surface area contributed by atoms with Crippen LogP contribution in [0.2, 0.25) is 0 Å². The summed E-state index contributed by atoms with van der Waals surface area (Å²) in [4.78, 5) is 0. The van der Waals surface area contributed by atoms with Crippen molar-refractivity contribution < 1.29 is 42.6 Å². The second kappa shape index (κ2) is 29.9. The van der Waals surface area contributed by atoms with E-state index in [0.717, 1.165) is 26.1 Å². The van der Waals surface area contributed by atoms with E-state index in [0.29, 0.717) is 118 Å². The molecule has 0 saturated heterocycles. The molecular formula is C26H54O9. The molecule has 0 aliphatic heterocycles. The van der Waals surface area contributed by atoms with E-state index < -0.39 is 0 Å². The Balaban J connectivity index is 3.04. The lowest BCUT2D eigenvalue weighted by atomic mass is 10.1. The van der Waals surface area contributed by atoms with Crippen LogP contribution < -0.4 is 0 Å². The second-order valence-electron chi connectivity index (χ2n) is 8.46. The highest BCUT2D eigenvalue weighted by atomic mass is 16.6. The molecule has 9 heteroatoms. The van der Waals surface area contributed by atoms with Gasteiger partial charge < -0.3 is 42.6 Å². The minimum absolute atomic E-state index is 0.540. The molecule has 2 unspecified atom stereocenters. The summed E-state index contributed by atoms with van der Waals surface area (Å²) in [7, 11) is 0. The summed E-state index contributed by atoms with van der Waals surface area (Å²) >= 11 is 0. The maximum absolute atomic E-state index is 5.52. The highest BCUT2D eigenvalue weighted by molar-refractivity contribution is 4.46. The Kier molecular flexibility index (Phi) is 29.6. The van der Waals surface area contributed by atoms with Crippen LogP contribution in [0.1, 0.15) is 40.5 Å². The maximum atomic E-state index is 5.52. The first-order chi connectivity index (χ1) is 17.2. The predicted molar refractivity (Wildman–Crippen MR) is 136 cm³/mol. The van der Waals surface area contributed by atoms with Crippen molar-refractivity contribution in [3.05, 3.63) is 0 Å². The monoisotopic (exact) mass is 510 g/mol. The van der Waals surface area contributed by atoms with Gasteiger partial charge >= 0.3 is 0 Å². The van der Waals surface area contributed by atoms with Gasteiger partial charge in [-0.05, 0) is 11.8 Å². The van der Waals surface area contributed by atoms with Gasteiger partial charge in [0.2, 0.25) is 0 Å². The lowest BCUT2D eigenvalue weighted by Gasteiger charge is -2.10. The molecule has 0 aliphatic carbocycles. The summed E-state index contributed by atoms with van der Waals surface area (Å²) < 4.78 is 49.3. The van der Waals surface area contributed by atoms with Crippen molar-refractivity contribution in [1.29, 1.82) is 0 Å². The molecule has 0 radical (unpaired) electrons. The third kappa shape index (κ3) is 29.8. The fraction of sp³-hybridized carbons (Fsp3) is 1.00. The minimum Gasteiger partial charge on any atom is -0.379 e. The van der Waals surface area contributed by atoms with Gasteiger partial charge in [-0.15, -0.1) is 0 Å². The number of rotatable bonds is 30. The smallest absolute Gasteiger partial charge is 0.0701 e. The molecule has 0 spiro atoms. The summed E-state index contributed by atoms with van der Waals surface area (Å²) in [5, 5.41) is 0. The summed E-state index contributed by atoms with van der Waals surface area (Å²) in [5.41, 5.74) is 0. The van der Waals surface area contributed by atoms with Crippen molar-refractivity contribution in [1.82, 2.24) is 0 Å². The van der Waals surface area contributed by atoms with Crippen LogP contribution in [0.4, 0.5) is 0 Å². The maximum Gasteiger partial charge on any atom is 0.0701 e. The standard InChI is InChI=1S/C26H54O9/c1-5-25(3)23-34-21-19-32-17-15-30-13-11-28-9-7-27-8-10-29-12-14-31-16-18-33-20-22-35-24-26(4)6-2/h25-26H,5-24H2,1-4H3. The normalized spacial score (nSPS) is 13.4. The van der Waals surface area contributed by atoms with Crippen molar-refractivity contribution in [3.63, 3.8) is 0 Å². The highest BCUT2D eigenvalue weighted by Crippen LogP contribution is 2.00. The van der Waals surface area contributed by atoms with E-state index in [4.69, 9.17) is 42.6 Å². The highest BCUT2D eigenvalue weighted by Gasteiger charge is 1.99. The number of hydrogen-bond donors (Lipinski definition) is 0. The van der Waals surface area contributed by atoms with E-state index in [1.54, 1.807) is 0 Å². The third-order valence-corrected chi connectivity index (χ3v) is 5.17. The average molecular weight is 511 g/mol. The van der Waals surface area contributed by atoms with Crippen LogP contribution in [-0.4, -0.2) is 119 Å². The SMILES string of the molecule is CCC(C)COCCOCCOCCOCCOCCOCCOCCOCCOCC(C)CC. The zero-order valence-corrected chi connectivity index (χ0v) is 23.0. The summed E-state index contributed by atoms with van der Waals surface area (Å²) in [6.07, 6.45) is 2.28. The molecule has 2 atom stereocenters. The Labute approximate surface area is 214 Å². The third-order valence-electron chi connectivity index (χ3n) is 5.17. The van der Waals surface area contributed by atoms with E-state index in [-0.39, 0.29) is 0 Å². The van der Waals surface area contributed by atoms with Gasteiger partial charge in [-0.2, -0.15) is 0 Å². The largest absolute Gasteiger partial charge is 0.379 e. The van der Waals surface area contributed by atoms with Crippen LogP contribution in [0, 0.1) is 11.8 Å². The van der Waals surface area contributed by atoms with Gasteiger partial charge in [0.15, 0.2) is 0 Å². The lowest BCUT2D eigenvalue weighted by Crippen LogP contribution is -2.15. The molecule has 0 rings (SSSR count). The summed E-state index contributed by atoms with van der Waals surface area (Å²) in [6, 6.07) is 0. The Morgan fingerprint density at radius 2 is 0.486 bits per heavy atom. The molecule has 0 N–H and O–H groups in total. The van der Waals surface area contributed by atoms with Gasteiger partial charge in [-0.3, -0.25) is 0 Å². The number of ether oxygens (including phenoxy) is 9. The van der Waals surface area contributed by atoms with E-state index in [1.807, 2.05) is 0 Å². The van der Waals surface area contributed by atoms with Crippen molar-refractivity contribution in [2.45, 2.75) is 40.5 Å². The molecule has 0 fully saturated rings. The molecular weight excluding hydrogens is 456 g/mol. The molecule has 0 aromatic heterocycles. The van der Waals surface area contributed by atoms with Gasteiger partial charge in [0.05, 0.1) is 106 Å². The van der Waals surface area contributed by atoms with Gasteiger partial charge in [-0.1, -0.05) is 40.5 Å². The van der Waals surface area contributed by atoms with Gasteiger partial charge in [0.1, 0.15) is 0 Å². The molecule has 212 valence electrons. The van der Waals surface area contributed by atoms with Crippen LogP contribution in [0.5, 0.6) is 0 Å². The molecule has 0 heterocycles. The van der Waals surface area contributed by atoms with Crippen molar-refractivity contribution in [3.8, 4) is 0 Å². The Morgan fingerprint density at radius 1 is 0.314 bits per heavy atom. The summed E-state index contributed by atoms with van der Waals surface area (Å²) in [6.45, 7) is 19.4. The van der Waals surface area contributed by atoms with Crippen molar-refractivity contribution >= 4 is 0 Å². The Morgan fingerprint density at radius 3 is 0.657 bits per heavy atom. The minimum atomic E-state index is 0.540. The molecule has 35 heavy (non-hydrogen) atoms. The number of hydrogen-bond acceptors (Lipinski definition) is 9. The van der Waals surface area contributed by atoms with E-state index in [9.17, 15) is 0 Å². The predicted octanol–water partition coefficient (Wildman–Crippen LogP) is 3.23. The first kappa shape index (κ1) is 34.6. The average Bonchev–Trinajstić information content (AvgIpc) is 2.87. The van der Waals surface area contributed by atoms with E-state index in [2.05, 4.69) is 27.7 Å². The Hall–Kier alpha value is -0.360. The molecule has 9 nitrogen and oxygen atoms in total. The molecule has 0 aliphatic rings. The van der Waals surface area contributed by atoms with Crippen LogP contribution in [0.25, 0.3) is 0 Å². The zero-order chi connectivity index (χ0) is 25.7. The van der Waals surface area contributed by atoms with Gasteiger partial charge in [0, 0.05) is 13.2 Å². The first-order valence-corrected chi connectivity index (χ1v) is 13.4. The fourth-order valence-corrected chi connectivity index (χ4v) is 2.46. The summed E-state index contributed by atoms with van der Waals surface area (Å²) in [5.74, 6) is 1.21. The first-order valence-electron chi connectivity index (χ1n) is 13.4.